The van der Waals surface area contributed by atoms with Crippen LogP contribution in [0.2, 0.25) is 5.02 Å². The van der Waals surface area contributed by atoms with E-state index < -0.39 is 10.0 Å². The summed E-state index contributed by atoms with van der Waals surface area (Å²) in [7, 11) is -3.50. The number of nitrogens with zero attached hydrogens (tertiary/aromatic N) is 1. The van der Waals surface area contributed by atoms with E-state index in [0.717, 1.165) is 17.7 Å². The van der Waals surface area contributed by atoms with Crippen LogP contribution in [0.3, 0.4) is 0 Å². The summed E-state index contributed by atoms with van der Waals surface area (Å²) in [6.07, 6.45) is 1.86. The molecule has 112 valence electrons. The van der Waals surface area contributed by atoms with Gasteiger partial charge in [-0.05, 0) is 58.4 Å². The zero-order valence-corrected chi connectivity index (χ0v) is 15.0. The highest BCUT2D eigenvalue weighted by molar-refractivity contribution is 9.10. The standard InChI is InChI=1S/C14H13BrClNO2S2/c15-13-8-12(5-6-14(13)16)21(18,19)17(10-3-4-10)9-11-2-1-7-20-11/h1-2,5-8,10H,3-4,9H2. The molecule has 1 aromatic heterocycles. The fraction of sp³-hybridized carbons (Fsp3) is 0.286. The molecule has 0 aliphatic heterocycles. The third kappa shape index (κ3) is 3.35. The van der Waals surface area contributed by atoms with Gasteiger partial charge in [-0.2, -0.15) is 4.31 Å². The minimum atomic E-state index is -3.50. The summed E-state index contributed by atoms with van der Waals surface area (Å²) in [5.41, 5.74) is 0. The van der Waals surface area contributed by atoms with Gasteiger partial charge in [0.25, 0.3) is 0 Å². The Labute approximate surface area is 141 Å². The molecule has 1 fully saturated rings. The molecule has 1 saturated carbocycles. The second kappa shape index (κ2) is 6.01. The third-order valence-electron chi connectivity index (χ3n) is 3.34. The number of hydrogen-bond acceptors (Lipinski definition) is 3. The molecule has 3 nitrogen and oxygen atoms in total. The Morgan fingerprint density at radius 2 is 2.10 bits per heavy atom. The highest BCUT2D eigenvalue weighted by Crippen LogP contribution is 2.35. The fourth-order valence-electron chi connectivity index (χ4n) is 2.10. The van der Waals surface area contributed by atoms with Gasteiger partial charge in [0.15, 0.2) is 0 Å². The molecule has 0 bridgehead atoms. The second-order valence-corrected chi connectivity index (χ2v) is 9.12. The van der Waals surface area contributed by atoms with Gasteiger partial charge in [-0.15, -0.1) is 11.3 Å². The largest absolute Gasteiger partial charge is 0.243 e. The van der Waals surface area contributed by atoms with Gasteiger partial charge in [-0.3, -0.25) is 0 Å². The first-order chi connectivity index (χ1) is 9.98. The highest BCUT2D eigenvalue weighted by atomic mass is 79.9. The van der Waals surface area contributed by atoms with Gasteiger partial charge in [0.1, 0.15) is 0 Å². The molecule has 1 aromatic carbocycles. The summed E-state index contributed by atoms with van der Waals surface area (Å²) in [5, 5.41) is 2.47. The maximum absolute atomic E-state index is 12.9. The highest BCUT2D eigenvalue weighted by Gasteiger charge is 2.38. The van der Waals surface area contributed by atoms with Crippen LogP contribution in [0.25, 0.3) is 0 Å². The molecule has 0 unspecified atom stereocenters. The van der Waals surface area contributed by atoms with Crippen LogP contribution in [0.15, 0.2) is 45.1 Å². The van der Waals surface area contributed by atoms with Gasteiger partial charge in [0, 0.05) is 21.9 Å². The number of hydrogen-bond donors (Lipinski definition) is 0. The monoisotopic (exact) mass is 405 g/mol. The first-order valence-corrected chi connectivity index (χ1v) is 9.97. The van der Waals surface area contributed by atoms with Crippen LogP contribution >= 0.6 is 38.9 Å². The number of benzene rings is 1. The molecule has 21 heavy (non-hydrogen) atoms. The van der Waals surface area contributed by atoms with Crippen LogP contribution in [-0.2, 0) is 16.6 Å². The van der Waals surface area contributed by atoms with Crippen LogP contribution in [0.4, 0.5) is 0 Å². The zero-order chi connectivity index (χ0) is 15.0. The minimum absolute atomic E-state index is 0.117. The Morgan fingerprint density at radius 1 is 1.33 bits per heavy atom. The second-order valence-electron chi connectivity index (χ2n) is 4.94. The van der Waals surface area contributed by atoms with Crippen molar-refractivity contribution in [2.75, 3.05) is 0 Å². The van der Waals surface area contributed by atoms with E-state index in [1.54, 1.807) is 33.8 Å². The van der Waals surface area contributed by atoms with Gasteiger partial charge in [0.05, 0.1) is 9.92 Å². The molecule has 0 saturated heterocycles. The number of rotatable bonds is 5. The van der Waals surface area contributed by atoms with Crippen molar-refractivity contribution in [1.29, 1.82) is 0 Å². The molecule has 3 rings (SSSR count). The van der Waals surface area contributed by atoms with E-state index in [1.807, 2.05) is 17.5 Å². The van der Waals surface area contributed by atoms with E-state index >= 15 is 0 Å². The molecule has 2 aromatic rings. The lowest BCUT2D eigenvalue weighted by Gasteiger charge is -2.21. The summed E-state index contributed by atoms with van der Waals surface area (Å²) in [5.74, 6) is 0. The predicted octanol–water partition coefficient (Wildman–Crippen LogP) is 4.52. The van der Waals surface area contributed by atoms with E-state index in [-0.39, 0.29) is 10.9 Å². The van der Waals surface area contributed by atoms with Crippen molar-refractivity contribution < 1.29 is 8.42 Å². The Bertz CT molecular complexity index is 742. The van der Waals surface area contributed by atoms with Crippen LogP contribution in [0.5, 0.6) is 0 Å². The van der Waals surface area contributed by atoms with Crippen molar-refractivity contribution in [3.63, 3.8) is 0 Å². The lowest BCUT2D eigenvalue weighted by atomic mass is 10.4. The van der Waals surface area contributed by atoms with Crippen molar-refractivity contribution in [1.82, 2.24) is 4.31 Å². The normalized spacial score (nSPS) is 15.6. The molecule has 7 heteroatoms. The van der Waals surface area contributed by atoms with Crippen molar-refractivity contribution in [2.24, 2.45) is 0 Å². The SMILES string of the molecule is O=S(=O)(c1ccc(Cl)c(Br)c1)N(Cc1cccs1)C1CC1. The molecule has 0 amide bonds. The lowest BCUT2D eigenvalue weighted by molar-refractivity contribution is 0.401. The molecular weight excluding hydrogens is 394 g/mol. The summed E-state index contributed by atoms with van der Waals surface area (Å²) in [4.78, 5) is 1.33. The number of sulfonamides is 1. The summed E-state index contributed by atoms with van der Waals surface area (Å²) in [6, 6.07) is 8.76. The Kier molecular flexibility index (Phi) is 4.43. The van der Waals surface area contributed by atoms with Crippen molar-refractivity contribution in [3.05, 3.63) is 50.1 Å². The maximum Gasteiger partial charge on any atom is 0.243 e. The molecule has 0 atom stereocenters. The Balaban J connectivity index is 1.95. The topological polar surface area (TPSA) is 37.4 Å². The van der Waals surface area contributed by atoms with Gasteiger partial charge in [-0.25, -0.2) is 8.42 Å². The first-order valence-electron chi connectivity index (χ1n) is 6.48. The van der Waals surface area contributed by atoms with Crippen molar-refractivity contribution in [2.45, 2.75) is 30.3 Å². The maximum atomic E-state index is 12.9. The summed E-state index contributed by atoms with van der Waals surface area (Å²) < 4.78 is 27.9. The molecule has 0 spiro atoms. The molecule has 1 aliphatic rings. The summed E-state index contributed by atoms with van der Waals surface area (Å²) >= 11 is 10.8. The number of thiophene rings is 1. The van der Waals surface area contributed by atoms with Gasteiger partial charge < -0.3 is 0 Å². The Morgan fingerprint density at radius 3 is 2.67 bits per heavy atom. The molecule has 0 N–H and O–H groups in total. The van der Waals surface area contributed by atoms with E-state index in [4.69, 9.17) is 11.6 Å². The van der Waals surface area contributed by atoms with E-state index in [0.29, 0.717) is 16.0 Å². The van der Waals surface area contributed by atoms with E-state index in [9.17, 15) is 8.42 Å². The van der Waals surface area contributed by atoms with Crippen LogP contribution < -0.4 is 0 Å². The zero-order valence-electron chi connectivity index (χ0n) is 11.0. The van der Waals surface area contributed by atoms with Gasteiger partial charge in [-0.1, -0.05) is 17.7 Å². The van der Waals surface area contributed by atoms with Crippen LogP contribution in [0, 0.1) is 0 Å². The third-order valence-corrected chi connectivity index (χ3v) is 7.31. The van der Waals surface area contributed by atoms with E-state index in [2.05, 4.69) is 15.9 Å². The van der Waals surface area contributed by atoms with Gasteiger partial charge in [0.2, 0.25) is 10.0 Å². The van der Waals surface area contributed by atoms with Crippen molar-refractivity contribution in [3.8, 4) is 0 Å². The average molecular weight is 407 g/mol. The fourth-order valence-corrected chi connectivity index (χ4v) is 5.22. The minimum Gasteiger partial charge on any atom is -0.207 e. The molecular formula is C14H13BrClNO2S2. The van der Waals surface area contributed by atoms with Crippen molar-refractivity contribution >= 4 is 48.9 Å². The Hall–Kier alpha value is -0.400. The first kappa shape index (κ1) is 15.5. The lowest BCUT2D eigenvalue weighted by Crippen LogP contribution is -2.32. The smallest absolute Gasteiger partial charge is 0.207 e. The average Bonchev–Trinajstić information content (AvgIpc) is 3.15. The van der Waals surface area contributed by atoms with Crippen LogP contribution in [-0.4, -0.2) is 18.8 Å². The predicted molar refractivity (Wildman–Crippen MR) is 89.2 cm³/mol. The summed E-state index contributed by atoms with van der Waals surface area (Å²) in [6.45, 7) is 0.435. The molecule has 1 heterocycles. The molecule has 0 radical (unpaired) electrons. The molecule has 1 aliphatic carbocycles. The van der Waals surface area contributed by atoms with E-state index in [1.165, 1.54) is 0 Å². The van der Waals surface area contributed by atoms with Crippen LogP contribution in [0.1, 0.15) is 17.7 Å². The van der Waals surface area contributed by atoms with Gasteiger partial charge >= 0.3 is 0 Å². The quantitative estimate of drug-likeness (QED) is 0.732. The number of halogens is 2.